The van der Waals surface area contributed by atoms with Gasteiger partial charge in [0.05, 0.1) is 25.2 Å². The van der Waals surface area contributed by atoms with Crippen LogP contribution in [-0.2, 0) is 18.8 Å². The molecular formula is C22H34O5Si. The first kappa shape index (κ1) is 22.6. The second-order valence-corrected chi connectivity index (χ2v) is 13.9. The van der Waals surface area contributed by atoms with Crippen molar-refractivity contribution >= 4 is 20.1 Å². The number of carbonyl (C=O) groups is 2. The molecule has 0 aliphatic heterocycles. The Kier molecular flexibility index (Phi) is 7.10. The van der Waals surface area contributed by atoms with Crippen molar-refractivity contribution in [1.82, 2.24) is 0 Å². The van der Waals surface area contributed by atoms with Gasteiger partial charge in [0.15, 0.2) is 14.1 Å². The third kappa shape index (κ3) is 5.67. The number of furan rings is 1. The van der Waals surface area contributed by atoms with Gasteiger partial charge in [-0.25, -0.2) is 4.79 Å². The maximum atomic E-state index is 12.5. The summed E-state index contributed by atoms with van der Waals surface area (Å²) in [6, 6.07) is 1.99. The third-order valence-electron chi connectivity index (χ3n) is 5.03. The Morgan fingerprint density at radius 3 is 2.43 bits per heavy atom. The minimum Gasteiger partial charge on any atom is -0.472 e. The van der Waals surface area contributed by atoms with Crippen LogP contribution in [0.1, 0.15) is 58.4 Å². The van der Waals surface area contributed by atoms with E-state index in [1.807, 2.05) is 6.07 Å². The fourth-order valence-corrected chi connectivity index (χ4v) is 4.90. The zero-order chi connectivity index (χ0) is 21.1. The van der Waals surface area contributed by atoms with Gasteiger partial charge < -0.3 is 13.6 Å². The molecule has 2 rings (SSSR count). The molecule has 0 amide bonds. The third-order valence-corrected chi connectivity index (χ3v) is 6.02. The Morgan fingerprint density at radius 1 is 1.25 bits per heavy atom. The van der Waals surface area contributed by atoms with Gasteiger partial charge in [-0.3, -0.25) is 4.79 Å². The van der Waals surface area contributed by atoms with Gasteiger partial charge in [0, 0.05) is 6.42 Å². The summed E-state index contributed by atoms with van der Waals surface area (Å²) in [5, 5.41) is 0. The van der Waals surface area contributed by atoms with Gasteiger partial charge in [-0.1, -0.05) is 20.8 Å². The molecule has 0 aromatic carbocycles. The van der Waals surface area contributed by atoms with Crippen LogP contribution in [0.15, 0.2) is 34.2 Å². The second kappa shape index (κ2) is 8.78. The van der Waals surface area contributed by atoms with Gasteiger partial charge in [-0.2, -0.15) is 0 Å². The van der Waals surface area contributed by atoms with Crippen LogP contribution in [0.3, 0.4) is 0 Å². The first-order valence-corrected chi connectivity index (χ1v) is 13.5. The summed E-state index contributed by atoms with van der Waals surface area (Å²) >= 11 is 0. The van der Waals surface area contributed by atoms with Crippen molar-refractivity contribution in [2.75, 3.05) is 6.61 Å². The molecule has 0 saturated heterocycles. The lowest BCUT2D eigenvalue weighted by Crippen LogP contribution is -2.36. The largest absolute Gasteiger partial charge is 0.472 e. The molecule has 0 radical (unpaired) electrons. The molecule has 5 nitrogen and oxygen atoms in total. The van der Waals surface area contributed by atoms with Gasteiger partial charge in [-0.15, -0.1) is 0 Å². The van der Waals surface area contributed by atoms with E-state index in [0.717, 1.165) is 11.1 Å². The Morgan fingerprint density at radius 2 is 1.93 bits per heavy atom. The number of Topliss-reactive ketones (excluding diaryl/α,β-unsaturated/α-hetero) is 1. The first-order valence-electron chi connectivity index (χ1n) is 10.1. The molecule has 0 N–H and O–H groups in total. The normalized spacial score (nSPS) is 17.8. The molecule has 156 valence electrons. The molecule has 6 heteroatoms. The van der Waals surface area contributed by atoms with E-state index < -0.39 is 14.3 Å². The lowest BCUT2D eigenvalue weighted by atomic mass is 9.73. The fourth-order valence-electron chi connectivity index (χ4n) is 3.81. The zero-order valence-electron chi connectivity index (χ0n) is 18.3. The number of rotatable bonds is 8. The predicted molar refractivity (Wildman–Crippen MR) is 112 cm³/mol. The average Bonchev–Trinajstić information content (AvgIpc) is 3.18. The van der Waals surface area contributed by atoms with Crippen molar-refractivity contribution in [3.8, 4) is 0 Å². The maximum absolute atomic E-state index is 12.5. The van der Waals surface area contributed by atoms with E-state index >= 15 is 0 Å². The van der Waals surface area contributed by atoms with Crippen molar-refractivity contribution in [3.63, 3.8) is 0 Å². The van der Waals surface area contributed by atoms with Crippen LogP contribution in [0, 0.1) is 5.41 Å². The standard InChI is InChI=1S/C22H34O5Si/c1-8-26-21(24)20-16(9-10-18(20)23)19(27-28(5,6)7)13-17(22(2,3)4)15-11-12-25-14-15/h11-12,14,17,19H,8-10,13H2,1-7H3/t17-,19-/m1/s1. The molecule has 28 heavy (non-hydrogen) atoms. The summed E-state index contributed by atoms with van der Waals surface area (Å²) in [6.07, 6.45) is 4.79. The van der Waals surface area contributed by atoms with Crippen LogP contribution in [0.4, 0.5) is 0 Å². The smallest absolute Gasteiger partial charge is 0.341 e. The van der Waals surface area contributed by atoms with Crippen molar-refractivity contribution in [1.29, 1.82) is 0 Å². The maximum Gasteiger partial charge on any atom is 0.341 e. The van der Waals surface area contributed by atoms with E-state index in [1.54, 1.807) is 19.5 Å². The summed E-state index contributed by atoms with van der Waals surface area (Å²) in [6.45, 7) is 15.0. The number of hydrogen-bond acceptors (Lipinski definition) is 5. The Labute approximate surface area is 169 Å². The highest BCUT2D eigenvalue weighted by Gasteiger charge is 2.39. The summed E-state index contributed by atoms with van der Waals surface area (Å²) in [5.74, 6) is -0.479. The number of ketones is 1. The molecule has 1 heterocycles. The molecule has 1 aromatic rings. The van der Waals surface area contributed by atoms with Crippen LogP contribution < -0.4 is 0 Å². The average molecular weight is 407 g/mol. The Balaban J connectivity index is 2.46. The topological polar surface area (TPSA) is 65.7 Å². The summed E-state index contributed by atoms with van der Waals surface area (Å²) in [5.41, 5.74) is 2.10. The van der Waals surface area contributed by atoms with E-state index in [2.05, 4.69) is 40.4 Å². The van der Waals surface area contributed by atoms with Crippen LogP contribution >= 0.6 is 0 Å². The number of hydrogen-bond donors (Lipinski definition) is 0. The van der Waals surface area contributed by atoms with Crippen LogP contribution in [0.5, 0.6) is 0 Å². The molecule has 1 aliphatic carbocycles. The second-order valence-electron chi connectivity index (χ2n) is 9.47. The van der Waals surface area contributed by atoms with Gasteiger partial charge in [0.25, 0.3) is 0 Å². The van der Waals surface area contributed by atoms with Gasteiger partial charge in [0.2, 0.25) is 0 Å². The number of carbonyl (C=O) groups excluding carboxylic acids is 2. The van der Waals surface area contributed by atoms with E-state index in [0.29, 0.717) is 19.3 Å². The molecule has 0 saturated carbocycles. The fraction of sp³-hybridized carbons (Fsp3) is 0.636. The van der Waals surface area contributed by atoms with Crippen molar-refractivity contribution in [3.05, 3.63) is 35.3 Å². The molecule has 2 atom stereocenters. The lowest BCUT2D eigenvalue weighted by molar-refractivity contribution is -0.139. The lowest BCUT2D eigenvalue weighted by Gasteiger charge is -2.36. The van der Waals surface area contributed by atoms with Crippen molar-refractivity contribution in [2.24, 2.45) is 5.41 Å². The summed E-state index contributed by atoms with van der Waals surface area (Å²) in [7, 11) is -1.92. The highest BCUT2D eigenvalue weighted by molar-refractivity contribution is 6.69. The molecule has 1 aliphatic rings. The van der Waals surface area contributed by atoms with E-state index in [-0.39, 0.29) is 35.4 Å². The minimum atomic E-state index is -1.92. The number of esters is 1. The summed E-state index contributed by atoms with van der Waals surface area (Å²) < 4.78 is 17.1. The zero-order valence-corrected chi connectivity index (χ0v) is 19.3. The van der Waals surface area contributed by atoms with Crippen molar-refractivity contribution in [2.45, 2.75) is 78.6 Å². The predicted octanol–water partition coefficient (Wildman–Crippen LogP) is 5.24. The summed E-state index contributed by atoms with van der Waals surface area (Å²) in [4.78, 5) is 25.0. The van der Waals surface area contributed by atoms with E-state index in [4.69, 9.17) is 13.6 Å². The monoisotopic (exact) mass is 406 g/mol. The first-order chi connectivity index (χ1) is 12.9. The molecule has 0 spiro atoms. The molecule has 0 bridgehead atoms. The van der Waals surface area contributed by atoms with Crippen LogP contribution in [0.2, 0.25) is 19.6 Å². The number of ether oxygens (including phenoxy) is 1. The van der Waals surface area contributed by atoms with Gasteiger partial charge in [0.1, 0.15) is 5.57 Å². The van der Waals surface area contributed by atoms with Crippen molar-refractivity contribution < 1.29 is 23.2 Å². The molecule has 1 aromatic heterocycles. The van der Waals surface area contributed by atoms with Crippen LogP contribution in [0.25, 0.3) is 0 Å². The quantitative estimate of drug-likeness (QED) is 0.335. The highest BCUT2D eigenvalue weighted by Crippen LogP contribution is 2.42. The minimum absolute atomic E-state index is 0.0296. The highest BCUT2D eigenvalue weighted by atomic mass is 28.4. The molecule has 0 fully saturated rings. The Bertz CT molecular complexity index is 719. The van der Waals surface area contributed by atoms with Gasteiger partial charge in [-0.05, 0) is 67.9 Å². The molecular weight excluding hydrogens is 372 g/mol. The van der Waals surface area contributed by atoms with Gasteiger partial charge >= 0.3 is 5.97 Å². The van der Waals surface area contributed by atoms with E-state index in [1.165, 1.54) is 0 Å². The molecule has 0 unspecified atom stereocenters. The Hall–Kier alpha value is -1.66. The van der Waals surface area contributed by atoms with Crippen LogP contribution in [-0.4, -0.2) is 32.8 Å². The van der Waals surface area contributed by atoms with E-state index in [9.17, 15) is 9.59 Å². The SMILES string of the molecule is CCOC(=O)C1=C([C@@H](C[C@H](c2ccoc2)C(C)(C)C)O[Si](C)(C)C)CCC1=O.